The van der Waals surface area contributed by atoms with Crippen molar-refractivity contribution < 1.29 is 19.4 Å². The van der Waals surface area contributed by atoms with E-state index in [0.29, 0.717) is 19.1 Å². The van der Waals surface area contributed by atoms with Crippen LogP contribution in [0.25, 0.3) is 10.9 Å². The zero-order valence-electron chi connectivity index (χ0n) is 18.2. The van der Waals surface area contributed by atoms with Crippen LogP contribution in [0.4, 0.5) is 10.5 Å². The largest absolute Gasteiger partial charge is 0.389 e. The number of likely N-dealkylation sites (N-methyl/N-ethyl adjacent to an activating group) is 1. The number of anilines is 1. The summed E-state index contributed by atoms with van der Waals surface area (Å²) in [5, 5.41) is 14.0. The van der Waals surface area contributed by atoms with Gasteiger partial charge in [-0.1, -0.05) is 13.8 Å². The number of hydrogen-bond donors (Lipinski definition) is 2. The predicted molar refractivity (Wildman–Crippen MR) is 116 cm³/mol. The molecule has 7 nitrogen and oxygen atoms in total. The third-order valence-electron chi connectivity index (χ3n) is 4.40. The first-order valence-corrected chi connectivity index (χ1v) is 10.2. The fraction of sp³-hybridized carbons (Fsp3) is 0.591. The molecule has 0 saturated carbocycles. The van der Waals surface area contributed by atoms with Crippen molar-refractivity contribution >= 4 is 22.6 Å². The van der Waals surface area contributed by atoms with Crippen molar-refractivity contribution in [3.8, 4) is 0 Å². The number of urea groups is 1. The number of nitrogens with one attached hydrogen (secondary N) is 1. The molecule has 7 heteroatoms. The number of rotatable bonds is 11. The second kappa shape index (κ2) is 11.2. The van der Waals surface area contributed by atoms with E-state index in [2.05, 4.69) is 36.0 Å². The maximum Gasteiger partial charge on any atom is 0.321 e. The molecule has 2 rings (SSSR count). The van der Waals surface area contributed by atoms with Gasteiger partial charge in [-0.05, 0) is 44.0 Å². The molecule has 29 heavy (non-hydrogen) atoms. The van der Waals surface area contributed by atoms with Gasteiger partial charge in [-0.2, -0.15) is 0 Å². The van der Waals surface area contributed by atoms with Gasteiger partial charge < -0.3 is 29.4 Å². The van der Waals surface area contributed by atoms with Crippen molar-refractivity contribution in [2.24, 2.45) is 5.92 Å². The minimum Gasteiger partial charge on any atom is -0.389 e. The van der Waals surface area contributed by atoms with Gasteiger partial charge >= 0.3 is 6.03 Å². The number of hydrogen-bond acceptors (Lipinski definition) is 4. The molecule has 1 heterocycles. The fourth-order valence-electron chi connectivity index (χ4n) is 3.06. The van der Waals surface area contributed by atoms with Crippen molar-refractivity contribution in [1.29, 1.82) is 0 Å². The van der Waals surface area contributed by atoms with Gasteiger partial charge in [0.25, 0.3) is 0 Å². The van der Waals surface area contributed by atoms with Crippen molar-refractivity contribution in [2.45, 2.75) is 46.4 Å². The molecule has 1 aromatic carbocycles. The summed E-state index contributed by atoms with van der Waals surface area (Å²) in [7, 11) is 1.65. The number of ether oxygens (including phenoxy) is 2. The van der Waals surface area contributed by atoms with Gasteiger partial charge in [0.1, 0.15) is 0 Å². The van der Waals surface area contributed by atoms with E-state index in [9.17, 15) is 9.90 Å². The quantitative estimate of drug-likeness (QED) is 0.561. The van der Waals surface area contributed by atoms with E-state index in [1.165, 1.54) is 4.90 Å². The molecular weight excluding hydrogens is 370 g/mol. The van der Waals surface area contributed by atoms with E-state index in [0.717, 1.165) is 23.1 Å². The van der Waals surface area contributed by atoms with E-state index < -0.39 is 6.10 Å². The van der Waals surface area contributed by atoms with Crippen LogP contribution in [0.2, 0.25) is 0 Å². The lowest BCUT2D eigenvalue weighted by atomic mass is 10.2. The Balaban J connectivity index is 1.81. The topological polar surface area (TPSA) is 76.0 Å². The van der Waals surface area contributed by atoms with Crippen LogP contribution < -0.4 is 5.32 Å². The van der Waals surface area contributed by atoms with Gasteiger partial charge in [-0.3, -0.25) is 0 Å². The summed E-state index contributed by atoms with van der Waals surface area (Å²) in [4.78, 5) is 13.9. The highest BCUT2D eigenvalue weighted by Gasteiger charge is 2.14. The highest BCUT2D eigenvalue weighted by atomic mass is 16.5. The molecule has 1 atom stereocenters. The van der Waals surface area contributed by atoms with Crippen LogP contribution in [-0.2, 0) is 16.0 Å². The van der Waals surface area contributed by atoms with Crippen LogP contribution in [0.1, 0.15) is 27.7 Å². The zero-order valence-corrected chi connectivity index (χ0v) is 18.2. The van der Waals surface area contributed by atoms with Crippen molar-refractivity contribution in [3.05, 3.63) is 30.5 Å². The molecule has 0 fully saturated rings. The second-order valence-corrected chi connectivity index (χ2v) is 8.09. The Morgan fingerprint density at radius 2 is 1.97 bits per heavy atom. The lowest BCUT2D eigenvalue weighted by Gasteiger charge is -2.21. The summed E-state index contributed by atoms with van der Waals surface area (Å²) >= 11 is 0. The number of fused-ring (bicyclic) bond motifs is 1. The van der Waals surface area contributed by atoms with E-state index in [-0.39, 0.29) is 25.3 Å². The third kappa shape index (κ3) is 7.68. The van der Waals surface area contributed by atoms with E-state index in [4.69, 9.17) is 9.47 Å². The minimum absolute atomic E-state index is 0.159. The molecule has 0 aliphatic rings. The van der Waals surface area contributed by atoms with Crippen molar-refractivity contribution in [3.63, 3.8) is 0 Å². The lowest BCUT2D eigenvalue weighted by molar-refractivity contribution is -0.0144. The molecule has 2 amide bonds. The van der Waals surface area contributed by atoms with Crippen LogP contribution in [0.3, 0.4) is 0 Å². The summed E-state index contributed by atoms with van der Waals surface area (Å²) in [5.41, 5.74) is 1.88. The molecule has 0 spiro atoms. The average molecular weight is 406 g/mol. The highest BCUT2D eigenvalue weighted by Crippen LogP contribution is 2.21. The SMILES string of the molecule is CC(C)Cn1ccc2cc(NC(=O)N(C)CC(O)COCCOC(C)C)ccc21. The summed E-state index contributed by atoms with van der Waals surface area (Å²) in [5.74, 6) is 0.566. The molecule has 0 radical (unpaired) electrons. The average Bonchev–Trinajstić information content (AvgIpc) is 3.02. The monoisotopic (exact) mass is 405 g/mol. The van der Waals surface area contributed by atoms with Gasteiger partial charge in [-0.15, -0.1) is 0 Å². The molecule has 2 N–H and O–H groups in total. The first-order chi connectivity index (χ1) is 13.8. The number of carbonyl (C=O) groups is 1. The first-order valence-electron chi connectivity index (χ1n) is 10.2. The number of aliphatic hydroxyl groups excluding tert-OH is 1. The zero-order chi connectivity index (χ0) is 21.4. The maximum atomic E-state index is 12.4. The second-order valence-electron chi connectivity index (χ2n) is 8.09. The molecule has 2 aromatic rings. The Labute approximate surface area is 173 Å². The number of nitrogens with zero attached hydrogens (tertiary/aromatic N) is 2. The number of aromatic nitrogens is 1. The lowest BCUT2D eigenvalue weighted by Crippen LogP contribution is -2.39. The minimum atomic E-state index is -0.752. The number of amides is 2. The molecule has 1 aromatic heterocycles. The fourth-order valence-corrected chi connectivity index (χ4v) is 3.06. The number of carbonyl (C=O) groups excluding carboxylic acids is 1. The van der Waals surface area contributed by atoms with Gasteiger partial charge in [0, 0.05) is 36.4 Å². The molecule has 0 aliphatic heterocycles. The summed E-state index contributed by atoms with van der Waals surface area (Å²) in [6.07, 6.45) is 1.48. The summed E-state index contributed by atoms with van der Waals surface area (Å²) in [6.45, 7) is 10.5. The van der Waals surface area contributed by atoms with Crippen LogP contribution in [0.15, 0.2) is 30.5 Å². The van der Waals surface area contributed by atoms with E-state index in [1.807, 2.05) is 32.0 Å². The van der Waals surface area contributed by atoms with E-state index >= 15 is 0 Å². The van der Waals surface area contributed by atoms with Gasteiger partial charge in [0.15, 0.2) is 0 Å². The molecule has 1 unspecified atom stereocenters. The van der Waals surface area contributed by atoms with Crippen LogP contribution >= 0.6 is 0 Å². The Bertz CT molecular complexity index is 773. The normalized spacial score (nSPS) is 12.7. The Kier molecular flexibility index (Phi) is 8.95. The molecule has 0 saturated heterocycles. The summed E-state index contributed by atoms with van der Waals surface area (Å²) < 4.78 is 13.0. The Hall–Kier alpha value is -2.09. The predicted octanol–water partition coefficient (Wildman–Crippen LogP) is 3.56. The molecular formula is C22H35N3O4. The highest BCUT2D eigenvalue weighted by molar-refractivity contribution is 5.92. The smallest absolute Gasteiger partial charge is 0.321 e. The standard InChI is InChI=1S/C22H35N3O4/c1-16(2)13-25-9-8-18-12-19(6-7-21(18)25)23-22(27)24(5)14-20(26)15-28-10-11-29-17(3)4/h6-9,12,16-17,20,26H,10-11,13-15H2,1-5H3,(H,23,27). The van der Waals surface area contributed by atoms with Crippen molar-refractivity contribution in [2.75, 3.05) is 38.7 Å². The number of aliphatic hydroxyl groups is 1. The van der Waals surface area contributed by atoms with Gasteiger partial charge in [-0.25, -0.2) is 4.79 Å². The Morgan fingerprint density at radius 1 is 1.21 bits per heavy atom. The Morgan fingerprint density at radius 3 is 2.66 bits per heavy atom. The number of benzene rings is 1. The first kappa shape index (κ1) is 23.2. The molecule has 0 bridgehead atoms. The van der Waals surface area contributed by atoms with Crippen LogP contribution in [-0.4, -0.2) is 66.2 Å². The van der Waals surface area contributed by atoms with Gasteiger partial charge in [0.05, 0.1) is 38.6 Å². The van der Waals surface area contributed by atoms with Crippen molar-refractivity contribution in [1.82, 2.24) is 9.47 Å². The maximum absolute atomic E-state index is 12.4. The van der Waals surface area contributed by atoms with Gasteiger partial charge in [0.2, 0.25) is 0 Å². The molecule has 162 valence electrons. The van der Waals surface area contributed by atoms with Crippen LogP contribution in [0, 0.1) is 5.92 Å². The van der Waals surface area contributed by atoms with E-state index in [1.54, 1.807) is 7.05 Å². The third-order valence-corrected chi connectivity index (χ3v) is 4.40. The molecule has 0 aliphatic carbocycles. The summed E-state index contributed by atoms with van der Waals surface area (Å²) in [6, 6.07) is 7.68. The van der Waals surface area contributed by atoms with Crippen LogP contribution in [0.5, 0.6) is 0 Å².